The van der Waals surface area contributed by atoms with Crippen molar-refractivity contribution in [3.8, 4) is 0 Å². The number of nitrogens with zero attached hydrogens (tertiary/aromatic N) is 3. The van der Waals surface area contributed by atoms with Crippen LogP contribution in [0.15, 0.2) is 9.59 Å². The van der Waals surface area contributed by atoms with Gasteiger partial charge in [0.15, 0.2) is 0 Å². The Kier molecular flexibility index (Phi) is 11.2. The molecule has 0 aromatic carbocycles. The number of unbranched alkanes of at least 4 members (excludes halogenated alkanes) is 7. The van der Waals surface area contributed by atoms with E-state index < -0.39 is 5.60 Å². The van der Waals surface area contributed by atoms with Gasteiger partial charge in [-0.2, -0.15) is 0 Å². The first-order valence-electron chi connectivity index (χ1n) is 11.3. The number of ketones is 1. The molecule has 7 heteroatoms. The number of rotatable bonds is 16. The van der Waals surface area contributed by atoms with Crippen LogP contribution < -0.4 is 11.4 Å². The molecule has 1 aromatic rings. The largest absolute Gasteiger partial charge is 0.390 e. The summed E-state index contributed by atoms with van der Waals surface area (Å²) in [6, 6.07) is 0. The first kappa shape index (κ1) is 25.4. The Morgan fingerprint density at radius 3 is 2.03 bits per heavy atom. The van der Waals surface area contributed by atoms with Crippen molar-refractivity contribution in [2.45, 2.75) is 117 Å². The van der Waals surface area contributed by atoms with E-state index in [1.165, 1.54) is 22.8 Å². The Morgan fingerprint density at radius 2 is 1.41 bits per heavy atom. The van der Waals surface area contributed by atoms with Gasteiger partial charge in [-0.1, -0.05) is 51.9 Å². The van der Waals surface area contributed by atoms with Crippen molar-refractivity contribution in [3.63, 3.8) is 0 Å². The fraction of sp³-hybridized carbons (Fsp3) is 0.864. The molecule has 0 radical (unpaired) electrons. The van der Waals surface area contributed by atoms with Crippen LogP contribution >= 0.6 is 0 Å². The molecule has 0 spiro atoms. The summed E-state index contributed by atoms with van der Waals surface area (Å²) in [4.78, 5) is 35.8. The van der Waals surface area contributed by atoms with Gasteiger partial charge >= 0.3 is 11.4 Å². The number of carbonyl (C=O) groups is 1. The van der Waals surface area contributed by atoms with Gasteiger partial charge in [-0.3, -0.25) is 0 Å². The van der Waals surface area contributed by atoms with Crippen molar-refractivity contribution in [1.29, 1.82) is 0 Å². The minimum Gasteiger partial charge on any atom is -0.390 e. The average molecular weight is 412 g/mol. The zero-order valence-corrected chi connectivity index (χ0v) is 18.9. The van der Waals surface area contributed by atoms with Crippen LogP contribution in [0.5, 0.6) is 0 Å². The lowest BCUT2D eigenvalue weighted by atomic mass is 9.94. The van der Waals surface area contributed by atoms with Crippen LogP contribution in [0.1, 0.15) is 97.8 Å². The molecule has 0 saturated heterocycles. The molecule has 0 aliphatic heterocycles. The molecular weight excluding hydrogens is 370 g/mol. The molecule has 0 fully saturated rings. The predicted molar refractivity (Wildman–Crippen MR) is 116 cm³/mol. The monoisotopic (exact) mass is 411 g/mol. The second kappa shape index (κ2) is 12.8. The van der Waals surface area contributed by atoms with Gasteiger partial charge in [0.2, 0.25) is 0 Å². The minimum atomic E-state index is -0.833. The summed E-state index contributed by atoms with van der Waals surface area (Å²) < 4.78 is 4.15. The molecule has 0 aliphatic rings. The summed E-state index contributed by atoms with van der Waals surface area (Å²) in [5.74, 6) is 0.228. The number of aliphatic hydroxyl groups is 1. The summed E-state index contributed by atoms with van der Waals surface area (Å²) in [6.07, 6.45) is 10.9. The molecule has 0 aliphatic carbocycles. The molecule has 1 heterocycles. The Morgan fingerprint density at radius 1 is 0.862 bits per heavy atom. The van der Waals surface area contributed by atoms with E-state index in [0.29, 0.717) is 32.4 Å². The van der Waals surface area contributed by atoms with Crippen LogP contribution in [0.2, 0.25) is 0 Å². The molecule has 0 saturated carbocycles. The molecule has 1 aromatic heterocycles. The molecule has 0 amide bonds. The zero-order chi connectivity index (χ0) is 21.9. The molecule has 0 bridgehead atoms. The van der Waals surface area contributed by atoms with E-state index in [-0.39, 0.29) is 17.2 Å². The van der Waals surface area contributed by atoms with Gasteiger partial charge in [0.1, 0.15) is 5.78 Å². The second-order valence-corrected chi connectivity index (χ2v) is 8.65. The van der Waals surface area contributed by atoms with E-state index >= 15 is 0 Å². The van der Waals surface area contributed by atoms with E-state index in [1.54, 1.807) is 6.92 Å². The van der Waals surface area contributed by atoms with E-state index in [0.717, 1.165) is 55.9 Å². The van der Waals surface area contributed by atoms with Crippen LogP contribution in [-0.4, -0.2) is 30.4 Å². The van der Waals surface area contributed by atoms with Crippen molar-refractivity contribution < 1.29 is 9.90 Å². The molecular formula is C22H41N3O4. The molecule has 1 N–H and O–H groups in total. The third-order valence-corrected chi connectivity index (χ3v) is 5.64. The highest BCUT2D eigenvalue weighted by Gasteiger charge is 2.22. The van der Waals surface area contributed by atoms with Gasteiger partial charge in [-0.15, -0.1) is 0 Å². The molecule has 1 rings (SSSR count). The fourth-order valence-electron chi connectivity index (χ4n) is 3.64. The van der Waals surface area contributed by atoms with Crippen molar-refractivity contribution in [3.05, 3.63) is 21.0 Å². The standard InChI is InChI=1S/C22H41N3O4/c1-5-6-7-12-15-22(3,29)16-18-25-21(28)23(4)20(27)24(25)17-13-10-8-9-11-14-19(2)26/h29H,5-18H2,1-4H3. The van der Waals surface area contributed by atoms with Gasteiger partial charge in [-0.05, 0) is 39.5 Å². The fourth-order valence-corrected chi connectivity index (χ4v) is 3.64. The smallest absolute Gasteiger partial charge is 0.346 e. The maximum atomic E-state index is 12.5. The van der Waals surface area contributed by atoms with Crippen molar-refractivity contribution in [2.75, 3.05) is 0 Å². The molecule has 1 atom stereocenters. The second-order valence-electron chi connectivity index (χ2n) is 8.65. The number of hydrogen-bond acceptors (Lipinski definition) is 4. The van der Waals surface area contributed by atoms with Crippen LogP contribution in [0, 0.1) is 0 Å². The highest BCUT2D eigenvalue weighted by Crippen LogP contribution is 2.19. The number of hydrogen-bond donors (Lipinski definition) is 1. The predicted octanol–water partition coefficient (Wildman–Crippen LogP) is 3.39. The molecule has 168 valence electrons. The Labute approximate surface area is 174 Å². The Bertz CT molecular complexity index is 727. The highest BCUT2D eigenvalue weighted by atomic mass is 16.3. The zero-order valence-electron chi connectivity index (χ0n) is 18.9. The maximum Gasteiger partial charge on any atom is 0.346 e. The molecule has 29 heavy (non-hydrogen) atoms. The lowest BCUT2D eigenvalue weighted by molar-refractivity contribution is -0.117. The topological polar surface area (TPSA) is 86.2 Å². The summed E-state index contributed by atoms with van der Waals surface area (Å²) in [6.45, 7) is 6.43. The van der Waals surface area contributed by atoms with Crippen molar-refractivity contribution in [2.24, 2.45) is 7.05 Å². The first-order chi connectivity index (χ1) is 13.7. The van der Waals surface area contributed by atoms with E-state index in [4.69, 9.17) is 0 Å². The van der Waals surface area contributed by atoms with Crippen LogP contribution in [0.25, 0.3) is 0 Å². The number of Topliss-reactive ketones (excluding diaryl/α,β-unsaturated/α-hetero) is 1. The molecule has 7 nitrogen and oxygen atoms in total. The minimum absolute atomic E-state index is 0.228. The molecule has 1 unspecified atom stereocenters. The average Bonchev–Trinajstić information content (AvgIpc) is 2.86. The lowest BCUT2D eigenvalue weighted by Crippen LogP contribution is -2.32. The van der Waals surface area contributed by atoms with Crippen molar-refractivity contribution >= 4 is 5.78 Å². The first-order valence-corrected chi connectivity index (χ1v) is 11.3. The number of aromatic nitrogens is 3. The summed E-state index contributed by atoms with van der Waals surface area (Å²) in [5, 5.41) is 10.6. The summed E-state index contributed by atoms with van der Waals surface area (Å²) in [7, 11) is 1.50. The van der Waals surface area contributed by atoms with E-state index in [1.807, 2.05) is 6.92 Å². The third-order valence-electron chi connectivity index (χ3n) is 5.64. The van der Waals surface area contributed by atoms with Gasteiger partial charge in [-0.25, -0.2) is 23.5 Å². The van der Waals surface area contributed by atoms with Crippen LogP contribution in [0.4, 0.5) is 0 Å². The SMILES string of the molecule is CCCCCCC(C)(O)CCn1c(=O)n(C)c(=O)n1CCCCCCCC(C)=O. The van der Waals surface area contributed by atoms with Gasteiger partial charge in [0.05, 0.1) is 5.60 Å². The Hall–Kier alpha value is -1.63. The Balaban J connectivity index is 2.58. The van der Waals surface area contributed by atoms with Gasteiger partial charge in [0.25, 0.3) is 0 Å². The van der Waals surface area contributed by atoms with E-state index in [9.17, 15) is 19.5 Å². The normalized spacial score (nSPS) is 13.6. The maximum absolute atomic E-state index is 12.5. The van der Waals surface area contributed by atoms with Gasteiger partial charge < -0.3 is 9.90 Å². The van der Waals surface area contributed by atoms with Gasteiger partial charge in [0, 0.05) is 26.6 Å². The summed E-state index contributed by atoms with van der Waals surface area (Å²) in [5.41, 5.74) is -1.45. The highest BCUT2D eigenvalue weighted by molar-refractivity contribution is 5.75. The van der Waals surface area contributed by atoms with Crippen molar-refractivity contribution in [1.82, 2.24) is 13.9 Å². The number of carbonyl (C=O) groups excluding carboxylic acids is 1. The quantitative estimate of drug-likeness (QED) is 0.423. The van der Waals surface area contributed by atoms with Crippen LogP contribution in [0.3, 0.4) is 0 Å². The van der Waals surface area contributed by atoms with Crippen LogP contribution in [-0.2, 0) is 24.9 Å². The van der Waals surface area contributed by atoms with E-state index in [2.05, 4.69) is 6.92 Å². The summed E-state index contributed by atoms with van der Waals surface area (Å²) >= 11 is 0. The third kappa shape index (κ3) is 9.15. The lowest BCUT2D eigenvalue weighted by Gasteiger charge is -2.23.